The lowest BCUT2D eigenvalue weighted by Crippen LogP contribution is -2.42. The lowest BCUT2D eigenvalue weighted by atomic mass is 10.2. The summed E-state index contributed by atoms with van der Waals surface area (Å²) in [5.41, 5.74) is 6.26. The molecule has 1 aromatic carbocycles. The van der Waals surface area contributed by atoms with Gasteiger partial charge in [0.2, 0.25) is 5.88 Å². The van der Waals surface area contributed by atoms with Gasteiger partial charge in [-0.25, -0.2) is 9.97 Å². The van der Waals surface area contributed by atoms with E-state index in [1.54, 1.807) is 30.3 Å². The molecule has 1 unspecified atom stereocenters. The van der Waals surface area contributed by atoms with Gasteiger partial charge in [-0.3, -0.25) is 9.59 Å². The summed E-state index contributed by atoms with van der Waals surface area (Å²) in [4.78, 5) is 38.9. The molecule has 0 bridgehead atoms. The number of carbonyl (C=O) groups is 2. The van der Waals surface area contributed by atoms with Crippen LogP contribution in [0.5, 0.6) is 17.4 Å². The van der Waals surface area contributed by atoms with Crippen LogP contribution in [0.1, 0.15) is 33.7 Å². The molecule has 11 heteroatoms. The van der Waals surface area contributed by atoms with Crippen molar-refractivity contribution in [3.05, 3.63) is 54.1 Å². The van der Waals surface area contributed by atoms with Gasteiger partial charge in [-0.05, 0) is 30.8 Å². The van der Waals surface area contributed by atoms with Crippen LogP contribution >= 0.6 is 0 Å². The Kier molecular flexibility index (Phi) is 7.33. The smallest absolute Gasteiger partial charge is 0.279 e. The number of benzene rings is 1. The van der Waals surface area contributed by atoms with Crippen LogP contribution in [0, 0.1) is 0 Å². The van der Waals surface area contributed by atoms with Crippen molar-refractivity contribution in [3.63, 3.8) is 0 Å². The number of aliphatic imine (C=N–C) groups is 1. The van der Waals surface area contributed by atoms with Gasteiger partial charge in [-0.1, -0.05) is 0 Å². The van der Waals surface area contributed by atoms with Gasteiger partial charge in [-0.2, -0.15) is 4.99 Å². The fraction of sp³-hybridized carbons (Fsp3) is 0.348. The quantitative estimate of drug-likeness (QED) is 0.437. The Bertz CT molecular complexity index is 1090. The Hall–Kier alpha value is -3.99. The summed E-state index contributed by atoms with van der Waals surface area (Å²) in [5, 5.41) is 2.78. The number of nitrogens with one attached hydrogen (secondary N) is 1. The SMILES string of the molecule is CN/C=C\C(N)=NC(=O)c1cc(Oc2cnc(C(=O)N3CCC3)cn2)cc(OC2CCOC2)c1. The van der Waals surface area contributed by atoms with E-state index in [0.29, 0.717) is 24.7 Å². The molecule has 2 amide bonds. The minimum Gasteiger partial charge on any atom is -0.488 e. The van der Waals surface area contributed by atoms with Crippen molar-refractivity contribution < 1.29 is 23.8 Å². The number of amidine groups is 1. The normalized spacial score (nSPS) is 18.0. The number of hydrogen-bond acceptors (Lipinski definition) is 8. The second-order valence-corrected chi connectivity index (χ2v) is 7.75. The van der Waals surface area contributed by atoms with Gasteiger partial charge in [0.1, 0.15) is 29.1 Å². The van der Waals surface area contributed by atoms with Crippen molar-refractivity contribution in [1.29, 1.82) is 0 Å². The highest BCUT2D eigenvalue weighted by atomic mass is 16.5. The number of nitrogens with two attached hydrogens (primary N) is 1. The van der Waals surface area contributed by atoms with Crippen molar-refractivity contribution in [2.45, 2.75) is 18.9 Å². The Morgan fingerprint density at radius 1 is 1.24 bits per heavy atom. The molecule has 11 nitrogen and oxygen atoms in total. The van der Waals surface area contributed by atoms with E-state index in [9.17, 15) is 9.59 Å². The fourth-order valence-corrected chi connectivity index (χ4v) is 3.29. The second kappa shape index (κ2) is 10.8. The summed E-state index contributed by atoms with van der Waals surface area (Å²) in [7, 11) is 1.71. The third-order valence-electron chi connectivity index (χ3n) is 5.18. The first-order chi connectivity index (χ1) is 16.5. The van der Waals surface area contributed by atoms with E-state index in [1.165, 1.54) is 24.5 Å². The fourth-order valence-electron chi connectivity index (χ4n) is 3.29. The van der Waals surface area contributed by atoms with Gasteiger partial charge in [0, 0.05) is 38.2 Å². The highest BCUT2D eigenvalue weighted by Crippen LogP contribution is 2.28. The van der Waals surface area contributed by atoms with Gasteiger partial charge in [0.25, 0.3) is 11.8 Å². The third kappa shape index (κ3) is 5.87. The van der Waals surface area contributed by atoms with Crippen LogP contribution in [0.2, 0.25) is 0 Å². The topological polar surface area (TPSA) is 141 Å². The Morgan fingerprint density at radius 2 is 2.06 bits per heavy atom. The number of amides is 2. The highest BCUT2D eigenvalue weighted by Gasteiger charge is 2.23. The van der Waals surface area contributed by atoms with E-state index in [1.807, 2.05) is 0 Å². The molecule has 3 N–H and O–H groups in total. The van der Waals surface area contributed by atoms with E-state index in [2.05, 4.69) is 20.3 Å². The van der Waals surface area contributed by atoms with Crippen LogP contribution < -0.4 is 20.5 Å². The molecule has 2 aliphatic rings. The molecule has 1 atom stereocenters. The molecular formula is C23H26N6O5. The van der Waals surface area contributed by atoms with Crippen LogP contribution in [0.4, 0.5) is 0 Å². The van der Waals surface area contributed by atoms with E-state index in [4.69, 9.17) is 19.9 Å². The van der Waals surface area contributed by atoms with Crippen molar-refractivity contribution in [3.8, 4) is 17.4 Å². The molecule has 34 heavy (non-hydrogen) atoms. The summed E-state index contributed by atoms with van der Waals surface area (Å²) >= 11 is 0. The summed E-state index contributed by atoms with van der Waals surface area (Å²) in [5.74, 6) is 0.224. The van der Waals surface area contributed by atoms with E-state index in [-0.39, 0.29) is 35.0 Å². The average molecular weight is 466 g/mol. The highest BCUT2D eigenvalue weighted by molar-refractivity contribution is 6.06. The first-order valence-corrected chi connectivity index (χ1v) is 10.9. The molecule has 178 valence electrons. The largest absolute Gasteiger partial charge is 0.488 e. The maximum absolute atomic E-state index is 12.7. The predicted octanol–water partition coefficient (Wildman–Crippen LogP) is 1.51. The Labute approximate surface area is 196 Å². The molecule has 0 aliphatic carbocycles. The van der Waals surface area contributed by atoms with E-state index >= 15 is 0 Å². The molecule has 4 rings (SSSR count). The predicted molar refractivity (Wildman–Crippen MR) is 123 cm³/mol. The van der Waals surface area contributed by atoms with Gasteiger partial charge in [0.05, 0.1) is 25.6 Å². The minimum atomic E-state index is -0.558. The van der Waals surface area contributed by atoms with Gasteiger partial charge in [0.15, 0.2) is 0 Å². The van der Waals surface area contributed by atoms with Crippen LogP contribution in [0.25, 0.3) is 0 Å². The van der Waals surface area contributed by atoms with E-state index in [0.717, 1.165) is 25.9 Å². The zero-order valence-corrected chi connectivity index (χ0v) is 18.8. The summed E-state index contributed by atoms with van der Waals surface area (Å²) in [6, 6.07) is 4.73. The number of hydrogen-bond donors (Lipinski definition) is 2. The summed E-state index contributed by atoms with van der Waals surface area (Å²) in [6.45, 7) is 2.54. The number of carbonyl (C=O) groups excluding carboxylic acids is 2. The van der Waals surface area contributed by atoms with Gasteiger partial charge in [-0.15, -0.1) is 0 Å². The number of rotatable bonds is 8. The lowest BCUT2D eigenvalue weighted by Gasteiger charge is -2.30. The summed E-state index contributed by atoms with van der Waals surface area (Å²) < 4.78 is 17.1. The van der Waals surface area contributed by atoms with Crippen molar-refractivity contribution in [2.24, 2.45) is 10.7 Å². The lowest BCUT2D eigenvalue weighted by molar-refractivity contribution is 0.0645. The maximum atomic E-state index is 12.7. The molecule has 2 saturated heterocycles. The number of aromatic nitrogens is 2. The van der Waals surface area contributed by atoms with Gasteiger partial charge < -0.3 is 30.2 Å². The number of nitrogens with zero attached hydrogens (tertiary/aromatic N) is 4. The Morgan fingerprint density at radius 3 is 2.71 bits per heavy atom. The first-order valence-electron chi connectivity index (χ1n) is 10.9. The number of ether oxygens (including phenoxy) is 3. The number of likely N-dealkylation sites (tertiary alicyclic amines) is 1. The monoisotopic (exact) mass is 466 g/mol. The van der Waals surface area contributed by atoms with Crippen molar-refractivity contribution in [1.82, 2.24) is 20.2 Å². The average Bonchev–Trinajstić information content (AvgIpc) is 3.30. The molecule has 3 heterocycles. The minimum absolute atomic E-state index is 0.0469. The molecular weight excluding hydrogens is 440 g/mol. The standard InChI is InChI=1S/C23H26N6O5/c1-25-5-3-20(24)28-22(30)15-9-17(33-16-4-8-32-14-16)11-18(10-15)34-21-13-26-19(12-27-21)23(31)29-6-2-7-29/h3,5,9-13,16,25H,2,4,6-8,14H2,1H3,(H2,24,28,30)/b5-3-. The maximum Gasteiger partial charge on any atom is 0.279 e. The van der Waals surface area contributed by atoms with Crippen LogP contribution in [0.3, 0.4) is 0 Å². The Balaban J connectivity index is 1.55. The summed E-state index contributed by atoms with van der Waals surface area (Å²) in [6.07, 6.45) is 7.39. The van der Waals surface area contributed by atoms with Crippen LogP contribution in [-0.4, -0.2) is 72.0 Å². The molecule has 2 aromatic rings. The molecule has 2 aliphatic heterocycles. The third-order valence-corrected chi connectivity index (χ3v) is 5.18. The van der Waals surface area contributed by atoms with Crippen LogP contribution in [-0.2, 0) is 4.74 Å². The zero-order chi connectivity index (χ0) is 23.9. The first kappa shape index (κ1) is 23.2. The molecule has 0 saturated carbocycles. The second-order valence-electron chi connectivity index (χ2n) is 7.75. The van der Waals surface area contributed by atoms with E-state index < -0.39 is 5.91 Å². The van der Waals surface area contributed by atoms with Gasteiger partial charge >= 0.3 is 0 Å². The van der Waals surface area contributed by atoms with Crippen molar-refractivity contribution in [2.75, 3.05) is 33.4 Å². The zero-order valence-electron chi connectivity index (χ0n) is 18.8. The molecule has 0 radical (unpaired) electrons. The molecule has 1 aromatic heterocycles. The van der Waals surface area contributed by atoms with Crippen LogP contribution in [0.15, 0.2) is 47.9 Å². The molecule has 0 spiro atoms. The van der Waals surface area contributed by atoms with Crippen molar-refractivity contribution >= 4 is 17.6 Å². The molecule has 2 fully saturated rings.